The molecule has 0 aliphatic carbocycles. The van der Waals surface area contributed by atoms with Crippen molar-refractivity contribution in [3.63, 3.8) is 0 Å². The van der Waals surface area contributed by atoms with Crippen LogP contribution in [0.5, 0.6) is 0 Å². The van der Waals surface area contributed by atoms with Crippen molar-refractivity contribution >= 4 is 29.1 Å². The highest BCUT2D eigenvalue weighted by molar-refractivity contribution is 6.53. The van der Waals surface area contributed by atoms with Crippen molar-refractivity contribution in [3.05, 3.63) is 47.7 Å². The van der Waals surface area contributed by atoms with E-state index in [1.54, 1.807) is 24.3 Å². The summed E-state index contributed by atoms with van der Waals surface area (Å²) >= 11 is 10.8. The zero-order valence-electron chi connectivity index (χ0n) is 14.8. The lowest BCUT2D eigenvalue weighted by molar-refractivity contribution is -0.121. The summed E-state index contributed by atoms with van der Waals surface area (Å²) in [5.41, 5.74) is 2.75. The van der Waals surface area contributed by atoms with Gasteiger partial charge in [-0.2, -0.15) is 10.2 Å². The van der Waals surface area contributed by atoms with Crippen molar-refractivity contribution in [1.29, 1.82) is 0 Å². The second-order valence-electron chi connectivity index (χ2n) is 5.20. The van der Waals surface area contributed by atoms with Crippen LogP contribution in [0.25, 0.3) is 11.3 Å². The van der Waals surface area contributed by atoms with Crippen molar-refractivity contribution in [3.8, 4) is 11.3 Å². The smallest absolute Gasteiger partial charge is 0.253 e. The summed E-state index contributed by atoms with van der Waals surface area (Å²) in [6.45, 7) is 4.88. The second kappa shape index (κ2) is 11.1. The molecule has 2 unspecified atom stereocenters. The Balaban J connectivity index is 0.00000163. The average Bonchev–Trinajstić information content (AvgIpc) is 2.67. The first kappa shape index (κ1) is 22.3. The highest BCUT2D eigenvalue weighted by Crippen LogP contribution is 2.22. The van der Waals surface area contributed by atoms with Crippen molar-refractivity contribution in [2.24, 2.45) is 0 Å². The van der Waals surface area contributed by atoms with Crippen LogP contribution in [0.1, 0.15) is 31.2 Å². The molecule has 0 saturated heterocycles. The molecule has 1 aromatic heterocycles. The number of nitrogens with one attached hydrogen (secondary N) is 1. The molecule has 2 rings (SSSR count). The first-order chi connectivity index (χ1) is 12.4. The third-order valence-corrected chi connectivity index (χ3v) is 3.82. The number of aliphatic hydroxyl groups excluding tert-OH is 1. The van der Waals surface area contributed by atoms with Gasteiger partial charge in [0.05, 0.1) is 17.4 Å². The van der Waals surface area contributed by atoms with E-state index in [-0.39, 0.29) is 0 Å². The van der Waals surface area contributed by atoms with E-state index in [9.17, 15) is 14.3 Å². The number of rotatable bonds is 6. The fourth-order valence-corrected chi connectivity index (χ4v) is 2.21. The van der Waals surface area contributed by atoms with Crippen LogP contribution >= 0.6 is 23.2 Å². The fourth-order valence-electron chi connectivity index (χ4n) is 2.08. The minimum absolute atomic E-state index is 0.447. The lowest BCUT2D eigenvalue weighted by atomic mass is 10.0. The number of aliphatic hydroxyl groups is 1. The Morgan fingerprint density at radius 2 is 1.77 bits per heavy atom. The fraction of sp³-hybridized carbons (Fsp3) is 0.389. The van der Waals surface area contributed by atoms with E-state index >= 15 is 0 Å². The van der Waals surface area contributed by atoms with Crippen molar-refractivity contribution < 1.29 is 14.3 Å². The molecule has 0 aliphatic rings. The largest absolute Gasteiger partial charge is 0.386 e. The van der Waals surface area contributed by atoms with Crippen LogP contribution in [-0.2, 0) is 4.79 Å². The molecule has 0 saturated carbocycles. The van der Waals surface area contributed by atoms with Gasteiger partial charge in [0.25, 0.3) is 5.91 Å². The Morgan fingerprint density at radius 1 is 1.15 bits per heavy atom. The van der Waals surface area contributed by atoms with Gasteiger partial charge in [0.2, 0.25) is 0 Å². The molecule has 5 nitrogen and oxygen atoms in total. The number of amides is 1. The van der Waals surface area contributed by atoms with E-state index in [4.69, 9.17) is 23.2 Å². The number of carbonyl (C=O) groups is 1. The number of hydrogen-bond acceptors (Lipinski definition) is 4. The van der Waals surface area contributed by atoms with E-state index in [1.165, 1.54) is 0 Å². The number of benzene rings is 1. The maximum Gasteiger partial charge on any atom is 0.253 e. The monoisotopic (exact) mass is 401 g/mol. The second-order valence-corrected chi connectivity index (χ2v) is 6.29. The number of aryl methyl sites for hydroxylation is 1. The Labute approximate surface area is 162 Å². The number of aromatic nitrogens is 2. The summed E-state index contributed by atoms with van der Waals surface area (Å²) in [5, 5.41) is 20.6. The van der Waals surface area contributed by atoms with E-state index in [0.717, 1.165) is 11.3 Å². The van der Waals surface area contributed by atoms with Crippen molar-refractivity contribution in [1.82, 2.24) is 15.5 Å². The lowest BCUT2D eigenvalue weighted by Crippen LogP contribution is -2.43. The predicted molar refractivity (Wildman–Crippen MR) is 102 cm³/mol. The highest BCUT2D eigenvalue weighted by atomic mass is 35.5. The number of hydrogen-bond donors (Lipinski definition) is 2. The van der Waals surface area contributed by atoms with Crippen molar-refractivity contribution in [2.45, 2.75) is 37.8 Å². The molecule has 1 amide bonds. The number of nitrogens with zero attached hydrogens (tertiary/aromatic N) is 2. The molecule has 0 aliphatic heterocycles. The summed E-state index contributed by atoms with van der Waals surface area (Å²) in [5.74, 6) is -0.758. The molecular formula is C18H22Cl2FN3O2. The molecule has 2 atom stereocenters. The van der Waals surface area contributed by atoms with Crippen LogP contribution in [0.3, 0.4) is 0 Å². The van der Waals surface area contributed by atoms with Gasteiger partial charge in [0.15, 0.2) is 4.84 Å². The zero-order chi connectivity index (χ0) is 19.7. The Kier molecular flexibility index (Phi) is 9.48. The summed E-state index contributed by atoms with van der Waals surface area (Å²) in [4.78, 5) is 10.1. The summed E-state index contributed by atoms with van der Waals surface area (Å²) < 4.78 is 13.1. The number of alkyl halides is 3. The summed E-state index contributed by atoms with van der Waals surface area (Å²) in [6.07, 6.45) is -1.23. The van der Waals surface area contributed by atoms with Gasteiger partial charge in [0, 0.05) is 5.56 Å². The third-order valence-electron chi connectivity index (χ3n) is 3.42. The first-order valence-corrected chi connectivity index (χ1v) is 9.03. The van der Waals surface area contributed by atoms with E-state index < -0.39 is 29.6 Å². The minimum atomic E-state index is -1.33. The van der Waals surface area contributed by atoms with Crippen molar-refractivity contribution in [2.75, 3.05) is 6.67 Å². The summed E-state index contributed by atoms with van der Waals surface area (Å²) in [7, 11) is 0. The van der Waals surface area contributed by atoms with E-state index in [1.807, 2.05) is 32.9 Å². The number of halogens is 3. The average molecular weight is 402 g/mol. The zero-order valence-corrected chi connectivity index (χ0v) is 16.3. The molecule has 0 bridgehead atoms. The summed E-state index contributed by atoms with van der Waals surface area (Å²) in [6, 6.07) is 9.28. The van der Waals surface area contributed by atoms with Gasteiger partial charge in [-0.25, -0.2) is 4.39 Å². The molecule has 1 aromatic carbocycles. The minimum Gasteiger partial charge on any atom is -0.386 e. The molecule has 2 aromatic rings. The van der Waals surface area contributed by atoms with Crippen LogP contribution in [0, 0.1) is 6.92 Å². The Morgan fingerprint density at radius 3 is 2.23 bits per heavy atom. The van der Waals surface area contributed by atoms with Gasteiger partial charge in [0.1, 0.15) is 12.8 Å². The van der Waals surface area contributed by atoms with Gasteiger partial charge in [-0.3, -0.25) is 4.79 Å². The van der Waals surface area contributed by atoms with Crippen LogP contribution in [-0.4, -0.2) is 38.8 Å². The van der Waals surface area contributed by atoms with E-state index in [0.29, 0.717) is 11.3 Å². The molecule has 1 heterocycles. The van der Waals surface area contributed by atoms with Crippen LogP contribution in [0.2, 0.25) is 0 Å². The number of carbonyl (C=O) groups excluding carboxylic acids is 1. The van der Waals surface area contributed by atoms with E-state index in [2.05, 4.69) is 15.5 Å². The van der Waals surface area contributed by atoms with Gasteiger partial charge in [-0.15, -0.1) is 0 Å². The van der Waals surface area contributed by atoms with Gasteiger partial charge in [-0.1, -0.05) is 61.3 Å². The molecule has 0 radical (unpaired) electrons. The first-order valence-electron chi connectivity index (χ1n) is 8.15. The van der Waals surface area contributed by atoms with Gasteiger partial charge in [-0.05, 0) is 24.6 Å². The molecule has 0 fully saturated rings. The quantitative estimate of drug-likeness (QED) is 0.722. The molecular weight excluding hydrogens is 380 g/mol. The molecule has 0 spiro atoms. The molecule has 2 N–H and O–H groups in total. The normalized spacial score (nSPS) is 12.8. The highest BCUT2D eigenvalue weighted by Gasteiger charge is 2.25. The van der Waals surface area contributed by atoms with Crippen LogP contribution in [0.15, 0.2) is 36.4 Å². The molecule has 26 heavy (non-hydrogen) atoms. The third kappa shape index (κ3) is 6.20. The Bertz CT molecular complexity index is 682. The maximum absolute atomic E-state index is 13.1. The standard InChI is InChI=1S/C16H16Cl2FN3O2.C2H6/c1-9-2-7-12(22-21-9)10-3-5-11(6-4-10)14(23)13(8-19)20-16(24)15(17)18;1-2/h2-7,13-15,23H,8H2,1H3,(H,20,24);1-2H3. The van der Waals surface area contributed by atoms with Crippen LogP contribution < -0.4 is 5.32 Å². The maximum atomic E-state index is 13.1. The van der Waals surface area contributed by atoms with Gasteiger partial charge < -0.3 is 10.4 Å². The lowest BCUT2D eigenvalue weighted by Gasteiger charge is -2.22. The molecule has 142 valence electrons. The Hall–Kier alpha value is -1.76. The SMILES string of the molecule is CC.Cc1ccc(-c2ccc(C(O)C(CF)NC(=O)C(Cl)Cl)cc2)nn1. The van der Waals surface area contributed by atoms with Crippen LogP contribution in [0.4, 0.5) is 4.39 Å². The molecule has 8 heteroatoms. The predicted octanol–water partition coefficient (Wildman–Crippen LogP) is 3.77. The van der Waals surface area contributed by atoms with Gasteiger partial charge >= 0.3 is 0 Å². The topological polar surface area (TPSA) is 75.1 Å².